The Morgan fingerprint density at radius 3 is 2.36 bits per heavy atom. The van der Waals surface area contributed by atoms with Crippen molar-refractivity contribution in [3.63, 3.8) is 0 Å². The minimum atomic E-state index is -1.29. The Balaban J connectivity index is 2.39. The molecule has 0 saturated heterocycles. The molecule has 6 heteroatoms. The number of nitrogens with zero attached hydrogens (tertiary/aromatic N) is 1. The SMILES string of the molecule is CC(C)(C)[S+]([O-])N[C@@H](c1ccncc1)c1ccc(F)c(N)c1. The minimum absolute atomic E-state index is 0.0693. The molecule has 0 aliphatic carbocycles. The maximum atomic E-state index is 13.4. The summed E-state index contributed by atoms with van der Waals surface area (Å²) >= 11 is -1.29. The van der Waals surface area contributed by atoms with E-state index in [1.165, 1.54) is 6.07 Å². The molecule has 1 aromatic carbocycles. The Kier molecular flexibility index (Phi) is 5.05. The van der Waals surface area contributed by atoms with Gasteiger partial charge in [-0.1, -0.05) is 6.07 Å². The maximum absolute atomic E-state index is 13.4. The standard InChI is InChI=1S/C16H20FN3OS/c1-16(2,3)22(21)20-15(11-6-8-19-9-7-11)12-4-5-13(17)14(18)10-12/h4-10,15,20H,18H2,1-3H3/t15-,22?/m0/s1. The van der Waals surface area contributed by atoms with E-state index < -0.39 is 21.9 Å². The molecule has 0 radical (unpaired) electrons. The number of rotatable bonds is 4. The Labute approximate surface area is 133 Å². The molecule has 0 spiro atoms. The highest BCUT2D eigenvalue weighted by Gasteiger charge is 2.30. The third-order valence-electron chi connectivity index (χ3n) is 3.17. The minimum Gasteiger partial charge on any atom is -0.598 e. The molecule has 0 bridgehead atoms. The average molecular weight is 321 g/mol. The Bertz CT molecular complexity index is 631. The predicted molar refractivity (Wildman–Crippen MR) is 87.9 cm³/mol. The van der Waals surface area contributed by atoms with Crippen LogP contribution < -0.4 is 10.5 Å². The van der Waals surface area contributed by atoms with Crippen LogP contribution in [0.4, 0.5) is 10.1 Å². The molecule has 118 valence electrons. The van der Waals surface area contributed by atoms with E-state index in [2.05, 4.69) is 9.71 Å². The van der Waals surface area contributed by atoms with E-state index in [-0.39, 0.29) is 11.7 Å². The van der Waals surface area contributed by atoms with Gasteiger partial charge in [0.2, 0.25) is 0 Å². The number of nitrogens with two attached hydrogens (primary N) is 1. The number of aromatic nitrogens is 1. The fourth-order valence-electron chi connectivity index (χ4n) is 1.91. The van der Waals surface area contributed by atoms with Crippen molar-refractivity contribution in [3.05, 3.63) is 59.7 Å². The second-order valence-corrected chi connectivity index (χ2v) is 7.99. The van der Waals surface area contributed by atoms with Crippen molar-refractivity contribution in [1.29, 1.82) is 0 Å². The number of nitrogen functional groups attached to an aromatic ring is 1. The zero-order valence-electron chi connectivity index (χ0n) is 12.8. The molecular weight excluding hydrogens is 301 g/mol. The molecule has 0 saturated carbocycles. The molecule has 1 unspecified atom stereocenters. The Morgan fingerprint density at radius 1 is 1.18 bits per heavy atom. The first kappa shape index (κ1) is 16.7. The number of anilines is 1. The van der Waals surface area contributed by atoms with Gasteiger partial charge < -0.3 is 10.3 Å². The molecular formula is C16H20FN3OS. The third-order valence-corrected chi connectivity index (χ3v) is 4.74. The summed E-state index contributed by atoms with van der Waals surface area (Å²) in [5.41, 5.74) is 7.37. The second kappa shape index (κ2) is 6.64. The van der Waals surface area contributed by atoms with Gasteiger partial charge in [0, 0.05) is 23.8 Å². The van der Waals surface area contributed by atoms with E-state index in [0.717, 1.165) is 11.1 Å². The van der Waals surface area contributed by atoms with Gasteiger partial charge in [0.1, 0.15) is 16.6 Å². The quantitative estimate of drug-likeness (QED) is 0.671. The molecule has 0 fully saturated rings. The van der Waals surface area contributed by atoms with Gasteiger partial charge in [0.25, 0.3) is 0 Å². The van der Waals surface area contributed by atoms with Gasteiger partial charge in [0.05, 0.1) is 5.69 Å². The lowest BCUT2D eigenvalue weighted by molar-refractivity contribution is 0.535. The van der Waals surface area contributed by atoms with Crippen LogP contribution in [-0.4, -0.2) is 14.3 Å². The molecule has 0 aliphatic heterocycles. The summed E-state index contributed by atoms with van der Waals surface area (Å²) in [7, 11) is 0. The Hall–Kier alpha value is -1.63. The van der Waals surface area contributed by atoms with E-state index >= 15 is 0 Å². The van der Waals surface area contributed by atoms with Crippen molar-refractivity contribution in [3.8, 4) is 0 Å². The summed E-state index contributed by atoms with van der Waals surface area (Å²) < 4.78 is 28.5. The van der Waals surface area contributed by atoms with Crippen LogP contribution in [0.1, 0.15) is 37.9 Å². The van der Waals surface area contributed by atoms with Crippen molar-refractivity contribution in [1.82, 2.24) is 9.71 Å². The molecule has 1 aromatic heterocycles. The molecule has 4 nitrogen and oxygen atoms in total. The summed E-state index contributed by atoms with van der Waals surface area (Å²) in [5, 5.41) is 0. The number of pyridine rings is 1. The number of halogens is 1. The second-order valence-electron chi connectivity index (χ2n) is 5.99. The smallest absolute Gasteiger partial charge is 0.146 e. The van der Waals surface area contributed by atoms with Crippen molar-refractivity contribution < 1.29 is 8.94 Å². The van der Waals surface area contributed by atoms with E-state index in [9.17, 15) is 8.94 Å². The highest BCUT2D eigenvalue weighted by molar-refractivity contribution is 7.90. The van der Waals surface area contributed by atoms with Gasteiger partial charge >= 0.3 is 0 Å². The van der Waals surface area contributed by atoms with Gasteiger partial charge in [0.15, 0.2) is 0 Å². The zero-order chi connectivity index (χ0) is 16.3. The van der Waals surface area contributed by atoms with E-state index in [4.69, 9.17) is 5.73 Å². The lowest BCUT2D eigenvalue weighted by atomic mass is 10.00. The van der Waals surface area contributed by atoms with Gasteiger partial charge in [-0.05, 0) is 56.2 Å². The molecule has 1 heterocycles. The van der Waals surface area contributed by atoms with Gasteiger partial charge in [-0.2, -0.15) is 0 Å². The van der Waals surface area contributed by atoms with Crippen LogP contribution in [0.5, 0.6) is 0 Å². The summed E-state index contributed by atoms with van der Waals surface area (Å²) in [5.74, 6) is -0.464. The monoisotopic (exact) mass is 321 g/mol. The molecule has 0 amide bonds. The number of hydrogen-bond donors (Lipinski definition) is 2. The van der Waals surface area contributed by atoms with Crippen molar-refractivity contribution in [2.24, 2.45) is 0 Å². The van der Waals surface area contributed by atoms with Crippen LogP contribution >= 0.6 is 0 Å². The van der Waals surface area contributed by atoms with Gasteiger partial charge in [-0.15, -0.1) is 4.72 Å². The number of benzene rings is 1. The van der Waals surface area contributed by atoms with E-state index in [0.29, 0.717) is 0 Å². The first-order valence-electron chi connectivity index (χ1n) is 6.92. The molecule has 3 N–H and O–H groups in total. The largest absolute Gasteiger partial charge is 0.598 e. The summed E-state index contributed by atoms with van der Waals surface area (Å²) in [6, 6.07) is 7.83. The third kappa shape index (κ3) is 3.97. The fourth-order valence-corrected chi connectivity index (χ4v) is 2.75. The topological polar surface area (TPSA) is 74.0 Å². The summed E-state index contributed by atoms with van der Waals surface area (Å²) in [6.45, 7) is 5.66. The van der Waals surface area contributed by atoms with Crippen molar-refractivity contribution in [2.75, 3.05) is 5.73 Å². The van der Waals surface area contributed by atoms with Crippen LogP contribution in [0, 0.1) is 5.82 Å². The van der Waals surface area contributed by atoms with E-state index in [1.807, 2.05) is 32.9 Å². The van der Waals surface area contributed by atoms with Crippen LogP contribution in [0.25, 0.3) is 0 Å². The van der Waals surface area contributed by atoms with Gasteiger partial charge in [-0.3, -0.25) is 4.98 Å². The molecule has 2 atom stereocenters. The lowest BCUT2D eigenvalue weighted by Gasteiger charge is -2.28. The summed E-state index contributed by atoms with van der Waals surface area (Å²) in [4.78, 5) is 3.99. The van der Waals surface area contributed by atoms with Crippen molar-refractivity contribution >= 4 is 17.0 Å². The number of nitrogens with one attached hydrogen (secondary N) is 1. The van der Waals surface area contributed by atoms with Crippen molar-refractivity contribution in [2.45, 2.75) is 31.6 Å². The number of hydrogen-bond acceptors (Lipinski definition) is 4. The van der Waals surface area contributed by atoms with E-state index in [1.54, 1.807) is 24.5 Å². The predicted octanol–water partition coefficient (Wildman–Crippen LogP) is 2.94. The zero-order valence-corrected chi connectivity index (χ0v) is 13.7. The first-order valence-corrected chi connectivity index (χ1v) is 8.07. The Morgan fingerprint density at radius 2 is 1.82 bits per heavy atom. The van der Waals surface area contributed by atoms with Crippen LogP contribution in [0.3, 0.4) is 0 Å². The lowest BCUT2D eigenvalue weighted by Crippen LogP contribution is -2.41. The highest BCUT2D eigenvalue weighted by atomic mass is 32.2. The fraction of sp³-hybridized carbons (Fsp3) is 0.312. The highest BCUT2D eigenvalue weighted by Crippen LogP contribution is 2.27. The summed E-state index contributed by atoms with van der Waals surface area (Å²) in [6.07, 6.45) is 3.33. The van der Waals surface area contributed by atoms with Crippen LogP contribution in [-0.2, 0) is 11.4 Å². The molecule has 2 rings (SSSR count). The normalized spacial score (nSPS) is 14.6. The van der Waals surface area contributed by atoms with Crippen LogP contribution in [0.15, 0.2) is 42.7 Å². The molecule has 2 aromatic rings. The average Bonchev–Trinajstić information content (AvgIpc) is 2.47. The first-order chi connectivity index (χ1) is 10.3. The molecule has 0 aliphatic rings. The van der Waals surface area contributed by atoms with Gasteiger partial charge in [-0.25, -0.2) is 4.39 Å². The molecule has 22 heavy (non-hydrogen) atoms. The van der Waals surface area contributed by atoms with Crippen LogP contribution in [0.2, 0.25) is 0 Å². The maximum Gasteiger partial charge on any atom is 0.146 e.